The minimum absolute atomic E-state index is 0.0568. The van der Waals surface area contributed by atoms with Crippen LogP contribution in [0.25, 0.3) is 10.8 Å². The van der Waals surface area contributed by atoms with Gasteiger partial charge in [0, 0.05) is 13.0 Å². The standard InChI is InChI=1S/C20H24N2O4/c23-18(13-16-9-6-8-15-7-3-4-10-17(15)16)22-14-19(24)21-12-5-1-2-11-20(25)26/h3-4,6-10H,1-2,5,11-14H2,(H,21,24)(H,22,23)(H,25,26). The van der Waals surface area contributed by atoms with Crippen LogP contribution in [0.4, 0.5) is 0 Å². The molecule has 0 unspecified atom stereocenters. The molecule has 6 nitrogen and oxygen atoms in total. The van der Waals surface area contributed by atoms with Gasteiger partial charge < -0.3 is 15.7 Å². The summed E-state index contributed by atoms with van der Waals surface area (Å²) in [5, 5.41) is 16.0. The van der Waals surface area contributed by atoms with Gasteiger partial charge in [-0.05, 0) is 29.2 Å². The maximum absolute atomic E-state index is 12.1. The van der Waals surface area contributed by atoms with Crippen molar-refractivity contribution in [2.75, 3.05) is 13.1 Å². The Balaban J connectivity index is 1.68. The number of aliphatic carboxylic acids is 1. The second-order valence-electron chi connectivity index (χ2n) is 6.15. The zero-order valence-electron chi connectivity index (χ0n) is 14.7. The molecule has 2 aromatic rings. The molecule has 0 heterocycles. The van der Waals surface area contributed by atoms with Crippen LogP contribution in [0.5, 0.6) is 0 Å². The maximum atomic E-state index is 12.1. The molecule has 0 saturated heterocycles. The third-order valence-corrected chi connectivity index (χ3v) is 4.07. The van der Waals surface area contributed by atoms with E-state index in [-0.39, 0.29) is 31.2 Å². The van der Waals surface area contributed by atoms with Gasteiger partial charge in [-0.3, -0.25) is 14.4 Å². The molecule has 0 bridgehead atoms. The topological polar surface area (TPSA) is 95.5 Å². The lowest BCUT2D eigenvalue weighted by Gasteiger charge is -2.08. The van der Waals surface area contributed by atoms with Crippen molar-refractivity contribution >= 4 is 28.6 Å². The summed E-state index contributed by atoms with van der Waals surface area (Å²) in [6.07, 6.45) is 2.46. The van der Waals surface area contributed by atoms with Gasteiger partial charge in [0.15, 0.2) is 0 Å². The molecule has 0 radical (unpaired) electrons. The van der Waals surface area contributed by atoms with Gasteiger partial charge in [-0.2, -0.15) is 0 Å². The van der Waals surface area contributed by atoms with Gasteiger partial charge in [0.1, 0.15) is 0 Å². The first-order valence-corrected chi connectivity index (χ1v) is 8.78. The predicted molar refractivity (Wildman–Crippen MR) is 99.8 cm³/mol. The Morgan fingerprint density at radius 2 is 1.62 bits per heavy atom. The first-order chi connectivity index (χ1) is 12.6. The van der Waals surface area contributed by atoms with Crippen LogP contribution in [0.15, 0.2) is 42.5 Å². The maximum Gasteiger partial charge on any atom is 0.303 e. The smallest absolute Gasteiger partial charge is 0.303 e. The molecule has 0 fully saturated rings. The first kappa shape index (κ1) is 19.4. The number of hydrogen-bond acceptors (Lipinski definition) is 3. The van der Waals surface area contributed by atoms with Gasteiger partial charge in [-0.1, -0.05) is 48.9 Å². The zero-order valence-corrected chi connectivity index (χ0v) is 14.7. The summed E-state index contributed by atoms with van der Waals surface area (Å²) in [7, 11) is 0. The van der Waals surface area contributed by atoms with E-state index in [1.807, 2.05) is 42.5 Å². The Kier molecular flexibility index (Phi) is 7.61. The summed E-state index contributed by atoms with van der Waals surface area (Å²) in [6.45, 7) is 0.427. The van der Waals surface area contributed by atoms with E-state index in [2.05, 4.69) is 10.6 Å². The van der Waals surface area contributed by atoms with Gasteiger partial charge in [0.2, 0.25) is 11.8 Å². The highest BCUT2D eigenvalue weighted by Gasteiger charge is 2.08. The number of rotatable bonds is 10. The molecule has 0 spiro atoms. The summed E-state index contributed by atoms with van der Waals surface area (Å²) in [4.78, 5) is 34.2. The molecule has 3 N–H and O–H groups in total. The lowest BCUT2D eigenvalue weighted by molar-refractivity contribution is -0.137. The fourth-order valence-corrected chi connectivity index (χ4v) is 2.73. The van der Waals surface area contributed by atoms with E-state index in [4.69, 9.17) is 5.11 Å². The molecule has 0 aliphatic heterocycles. The number of unbranched alkanes of at least 4 members (excludes halogenated alkanes) is 2. The third kappa shape index (κ3) is 6.55. The predicted octanol–water partition coefficient (Wildman–Crippen LogP) is 2.26. The molecular weight excluding hydrogens is 332 g/mol. The molecule has 0 atom stereocenters. The van der Waals surface area contributed by atoms with Crippen molar-refractivity contribution in [2.45, 2.75) is 32.1 Å². The average molecular weight is 356 g/mol. The van der Waals surface area contributed by atoms with Crippen LogP contribution in [0.2, 0.25) is 0 Å². The summed E-state index contributed by atoms with van der Waals surface area (Å²) >= 11 is 0. The Morgan fingerprint density at radius 1 is 0.846 bits per heavy atom. The van der Waals surface area contributed by atoms with Crippen LogP contribution in [0.1, 0.15) is 31.2 Å². The SMILES string of the molecule is O=C(O)CCCCCNC(=O)CNC(=O)Cc1cccc2ccccc12. The molecule has 138 valence electrons. The van der Waals surface area contributed by atoms with E-state index < -0.39 is 5.97 Å². The average Bonchev–Trinajstić information content (AvgIpc) is 2.63. The molecule has 2 rings (SSSR count). The fourth-order valence-electron chi connectivity index (χ4n) is 2.73. The van der Waals surface area contributed by atoms with Crippen LogP contribution < -0.4 is 10.6 Å². The quantitative estimate of drug-likeness (QED) is 0.569. The van der Waals surface area contributed by atoms with Crippen LogP contribution in [0, 0.1) is 0 Å². The molecule has 2 aromatic carbocycles. The van der Waals surface area contributed by atoms with E-state index in [0.717, 1.165) is 29.2 Å². The molecule has 6 heteroatoms. The lowest BCUT2D eigenvalue weighted by atomic mass is 10.0. The number of carboxylic acid groups (broad SMARTS) is 1. The molecule has 26 heavy (non-hydrogen) atoms. The monoisotopic (exact) mass is 356 g/mol. The number of nitrogens with one attached hydrogen (secondary N) is 2. The Bertz CT molecular complexity index is 768. The summed E-state index contributed by atoms with van der Waals surface area (Å²) in [6, 6.07) is 13.7. The zero-order chi connectivity index (χ0) is 18.8. The molecule has 0 aliphatic rings. The van der Waals surface area contributed by atoms with Crippen molar-refractivity contribution in [1.29, 1.82) is 0 Å². The van der Waals surface area contributed by atoms with E-state index in [1.165, 1.54) is 0 Å². The summed E-state index contributed by atoms with van der Waals surface area (Å²) < 4.78 is 0. The fraction of sp³-hybridized carbons (Fsp3) is 0.350. The van der Waals surface area contributed by atoms with E-state index in [0.29, 0.717) is 13.0 Å². The highest BCUT2D eigenvalue weighted by atomic mass is 16.4. The number of hydrogen-bond donors (Lipinski definition) is 3. The molecule has 2 amide bonds. The van der Waals surface area contributed by atoms with Crippen molar-refractivity contribution in [1.82, 2.24) is 10.6 Å². The highest BCUT2D eigenvalue weighted by Crippen LogP contribution is 2.18. The normalized spacial score (nSPS) is 10.5. The Hall–Kier alpha value is -2.89. The van der Waals surface area contributed by atoms with Crippen LogP contribution >= 0.6 is 0 Å². The van der Waals surface area contributed by atoms with E-state index in [9.17, 15) is 14.4 Å². The number of carbonyl (C=O) groups is 3. The van der Waals surface area contributed by atoms with Gasteiger partial charge >= 0.3 is 5.97 Å². The third-order valence-electron chi connectivity index (χ3n) is 4.07. The van der Waals surface area contributed by atoms with Crippen LogP contribution in [-0.2, 0) is 20.8 Å². The summed E-state index contributed by atoms with van der Waals surface area (Å²) in [5.74, 6) is -1.24. The number of benzene rings is 2. The van der Waals surface area contributed by atoms with Gasteiger partial charge in [0.25, 0.3) is 0 Å². The van der Waals surface area contributed by atoms with Gasteiger partial charge in [-0.25, -0.2) is 0 Å². The number of fused-ring (bicyclic) bond motifs is 1. The molecule has 0 aliphatic carbocycles. The van der Waals surface area contributed by atoms with Crippen molar-refractivity contribution in [3.8, 4) is 0 Å². The second kappa shape index (κ2) is 10.2. The van der Waals surface area contributed by atoms with Crippen molar-refractivity contribution in [3.63, 3.8) is 0 Å². The van der Waals surface area contributed by atoms with Crippen LogP contribution in [0.3, 0.4) is 0 Å². The lowest BCUT2D eigenvalue weighted by Crippen LogP contribution is -2.37. The number of carboxylic acids is 1. The largest absolute Gasteiger partial charge is 0.481 e. The Morgan fingerprint density at radius 3 is 2.42 bits per heavy atom. The van der Waals surface area contributed by atoms with E-state index >= 15 is 0 Å². The minimum Gasteiger partial charge on any atom is -0.481 e. The first-order valence-electron chi connectivity index (χ1n) is 8.78. The Labute approximate surface area is 152 Å². The van der Waals surface area contributed by atoms with E-state index in [1.54, 1.807) is 0 Å². The minimum atomic E-state index is -0.803. The summed E-state index contributed by atoms with van der Waals surface area (Å²) in [5.41, 5.74) is 0.930. The van der Waals surface area contributed by atoms with Crippen molar-refractivity contribution in [3.05, 3.63) is 48.0 Å². The molecule has 0 saturated carbocycles. The number of carbonyl (C=O) groups excluding carboxylic acids is 2. The highest BCUT2D eigenvalue weighted by molar-refractivity contribution is 5.91. The van der Waals surface area contributed by atoms with Crippen LogP contribution in [-0.4, -0.2) is 36.0 Å². The number of amides is 2. The second-order valence-corrected chi connectivity index (χ2v) is 6.15. The molecular formula is C20H24N2O4. The van der Waals surface area contributed by atoms with Gasteiger partial charge in [-0.15, -0.1) is 0 Å². The van der Waals surface area contributed by atoms with Gasteiger partial charge in [0.05, 0.1) is 13.0 Å². The van der Waals surface area contributed by atoms with Crippen molar-refractivity contribution in [2.24, 2.45) is 0 Å². The molecule has 0 aromatic heterocycles. The van der Waals surface area contributed by atoms with Crippen molar-refractivity contribution < 1.29 is 19.5 Å².